The van der Waals surface area contributed by atoms with Crippen molar-refractivity contribution in [1.29, 1.82) is 0 Å². The molecule has 0 aliphatic carbocycles. The van der Waals surface area contributed by atoms with Gasteiger partial charge in [0.25, 0.3) is 0 Å². The molecular formula is C17H11F3N2O. The van der Waals surface area contributed by atoms with Crippen LogP contribution in [0.1, 0.15) is 11.3 Å². The van der Waals surface area contributed by atoms with Gasteiger partial charge in [-0.25, -0.2) is 0 Å². The fourth-order valence-corrected chi connectivity index (χ4v) is 1.97. The van der Waals surface area contributed by atoms with Crippen LogP contribution in [0, 0.1) is 0 Å². The van der Waals surface area contributed by atoms with Crippen LogP contribution in [0.25, 0.3) is 11.3 Å². The maximum absolute atomic E-state index is 12.5. The van der Waals surface area contributed by atoms with Crippen LogP contribution in [0.15, 0.2) is 70.2 Å². The van der Waals surface area contributed by atoms with Crippen LogP contribution in [0.2, 0.25) is 0 Å². The van der Waals surface area contributed by atoms with E-state index in [1.807, 2.05) is 30.3 Å². The number of hydrogen-bond acceptors (Lipinski definition) is 3. The summed E-state index contributed by atoms with van der Waals surface area (Å²) >= 11 is 0. The van der Waals surface area contributed by atoms with Gasteiger partial charge >= 0.3 is 6.18 Å². The second-order valence-electron chi connectivity index (χ2n) is 4.78. The van der Waals surface area contributed by atoms with Gasteiger partial charge in [0.2, 0.25) is 0 Å². The topological polar surface area (TPSA) is 38.4 Å². The molecule has 0 spiro atoms. The maximum Gasteiger partial charge on any atom is 0.416 e. The Balaban J connectivity index is 1.78. The Morgan fingerprint density at radius 3 is 2.30 bits per heavy atom. The predicted octanol–water partition coefficient (Wildman–Crippen LogP) is 5.11. The highest BCUT2D eigenvalue weighted by molar-refractivity contribution is 5.80. The molecule has 1 heterocycles. The first-order valence-electron chi connectivity index (χ1n) is 6.76. The van der Waals surface area contributed by atoms with E-state index in [1.165, 1.54) is 18.3 Å². The van der Waals surface area contributed by atoms with Gasteiger partial charge in [-0.1, -0.05) is 35.5 Å². The van der Waals surface area contributed by atoms with E-state index in [1.54, 1.807) is 6.07 Å². The van der Waals surface area contributed by atoms with Gasteiger partial charge in [-0.2, -0.15) is 13.2 Å². The van der Waals surface area contributed by atoms with Crippen molar-refractivity contribution < 1.29 is 17.7 Å². The normalized spacial score (nSPS) is 12.0. The van der Waals surface area contributed by atoms with Crippen molar-refractivity contribution in [2.24, 2.45) is 4.99 Å². The fraction of sp³-hybridized carbons (Fsp3) is 0.0588. The Morgan fingerprint density at radius 1 is 0.957 bits per heavy atom. The lowest BCUT2D eigenvalue weighted by Crippen LogP contribution is -2.03. The lowest BCUT2D eigenvalue weighted by molar-refractivity contribution is -0.137. The molecule has 6 heteroatoms. The number of alkyl halides is 3. The van der Waals surface area contributed by atoms with Gasteiger partial charge in [0.05, 0.1) is 17.5 Å². The largest absolute Gasteiger partial charge is 0.416 e. The Bertz CT molecular complexity index is 806. The van der Waals surface area contributed by atoms with E-state index in [-0.39, 0.29) is 0 Å². The standard InChI is InChI=1S/C17H11F3N2O/c18-17(19,20)13-8-6-12(7-9-13)16-10-15(23-22-16)11-21-14-4-2-1-3-5-14/h1-11H. The lowest BCUT2D eigenvalue weighted by atomic mass is 10.1. The SMILES string of the molecule is FC(F)(F)c1ccc(-c2cc(C=Nc3ccccc3)on2)cc1. The van der Waals surface area contributed by atoms with Crippen LogP contribution in [0.4, 0.5) is 18.9 Å². The van der Waals surface area contributed by atoms with Gasteiger partial charge in [0.15, 0.2) is 5.76 Å². The maximum atomic E-state index is 12.5. The van der Waals surface area contributed by atoms with Crippen LogP contribution < -0.4 is 0 Å². The van der Waals surface area contributed by atoms with Gasteiger partial charge in [0, 0.05) is 11.6 Å². The van der Waals surface area contributed by atoms with Gasteiger partial charge in [-0.15, -0.1) is 0 Å². The zero-order valence-electron chi connectivity index (χ0n) is 11.8. The Morgan fingerprint density at radius 2 is 1.65 bits per heavy atom. The summed E-state index contributed by atoms with van der Waals surface area (Å²) in [5.74, 6) is 0.420. The molecule has 0 radical (unpaired) electrons. The van der Waals surface area contributed by atoms with E-state index >= 15 is 0 Å². The molecule has 0 saturated heterocycles. The number of aromatic nitrogens is 1. The average molecular weight is 316 g/mol. The van der Waals surface area contributed by atoms with E-state index in [2.05, 4.69) is 10.1 Å². The number of halogens is 3. The van der Waals surface area contributed by atoms with Crippen molar-refractivity contribution in [1.82, 2.24) is 5.16 Å². The molecule has 0 N–H and O–H groups in total. The summed E-state index contributed by atoms with van der Waals surface area (Å²) in [7, 11) is 0. The summed E-state index contributed by atoms with van der Waals surface area (Å²) in [5, 5.41) is 3.84. The first-order chi connectivity index (χ1) is 11.0. The minimum absolute atomic E-state index is 0.420. The number of nitrogens with zero attached hydrogens (tertiary/aromatic N) is 2. The Kier molecular flexibility index (Phi) is 3.97. The number of rotatable bonds is 3. The molecular weight excluding hydrogens is 305 g/mol. The second kappa shape index (κ2) is 6.08. The lowest BCUT2D eigenvalue weighted by Gasteiger charge is -2.06. The molecule has 0 aliphatic heterocycles. The highest BCUT2D eigenvalue weighted by Crippen LogP contribution is 2.30. The smallest absolute Gasteiger partial charge is 0.355 e. The first kappa shape index (κ1) is 15.0. The number of hydrogen-bond donors (Lipinski definition) is 0. The number of para-hydroxylation sites is 1. The zero-order chi connectivity index (χ0) is 16.3. The van der Waals surface area contributed by atoms with E-state index in [9.17, 15) is 13.2 Å². The highest BCUT2D eigenvalue weighted by atomic mass is 19.4. The second-order valence-corrected chi connectivity index (χ2v) is 4.78. The molecule has 23 heavy (non-hydrogen) atoms. The van der Waals surface area contributed by atoms with Gasteiger partial charge in [-0.3, -0.25) is 4.99 Å². The molecule has 0 atom stereocenters. The van der Waals surface area contributed by atoms with Crippen molar-refractivity contribution in [2.45, 2.75) is 6.18 Å². The average Bonchev–Trinajstić information content (AvgIpc) is 3.02. The fourth-order valence-electron chi connectivity index (χ4n) is 1.97. The van der Waals surface area contributed by atoms with E-state index < -0.39 is 11.7 Å². The quantitative estimate of drug-likeness (QED) is 0.630. The molecule has 1 aromatic heterocycles. The third-order valence-corrected chi connectivity index (χ3v) is 3.13. The van der Waals surface area contributed by atoms with E-state index in [0.717, 1.165) is 17.8 Å². The molecule has 0 bridgehead atoms. The molecule has 116 valence electrons. The molecule has 3 nitrogen and oxygen atoms in total. The molecule has 3 rings (SSSR count). The molecule has 0 amide bonds. The molecule has 0 unspecified atom stereocenters. The van der Waals surface area contributed by atoms with Crippen LogP contribution in [0.5, 0.6) is 0 Å². The summed E-state index contributed by atoms with van der Waals surface area (Å²) in [4.78, 5) is 4.22. The van der Waals surface area contributed by atoms with Crippen molar-refractivity contribution in [2.75, 3.05) is 0 Å². The third kappa shape index (κ3) is 3.66. The summed E-state index contributed by atoms with van der Waals surface area (Å²) in [5.41, 5.74) is 1.06. The van der Waals surface area contributed by atoms with Crippen LogP contribution in [-0.4, -0.2) is 11.4 Å². The van der Waals surface area contributed by atoms with Gasteiger partial charge in [0.1, 0.15) is 5.69 Å². The van der Waals surface area contributed by atoms with Crippen LogP contribution in [-0.2, 0) is 6.18 Å². The van der Waals surface area contributed by atoms with Crippen molar-refractivity contribution in [3.05, 3.63) is 72.0 Å². The van der Waals surface area contributed by atoms with Gasteiger partial charge in [-0.05, 0) is 24.3 Å². The molecule has 0 saturated carbocycles. The molecule has 2 aromatic carbocycles. The molecule has 0 fully saturated rings. The minimum atomic E-state index is -4.35. The Labute approximate surface area is 130 Å². The van der Waals surface area contributed by atoms with E-state index in [0.29, 0.717) is 17.0 Å². The zero-order valence-corrected chi connectivity index (χ0v) is 11.8. The predicted molar refractivity (Wildman–Crippen MR) is 80.6 cm³/mol. The van der Waals surface area contributed by atoms with E-state index in [4.69, 9.17) is 4.52 Å². The summed E-state index contributed by atoms with van der Waals surface area (Å²) in [6.07, 6.45) is -2.84. The highest BCUT2D eigenvalue weighted by Gasteiger charge is 2.30. The van der Waals surface area contributed by atoms with Crippen molar-refractivity contribution in [3.63, 3.8) is 0 Å². The Hall–Kier alpha value is -2.89. The van der Waals surface area contributed by atoms with Crippen molar-refractivity contribution in [3.8, 4) is 11.3 Å². The minimum Gasteiger partial charge on any atom is -0.355 e. The molecule has 3 aromatic rings. The summed E-state index contributed by atoms with van der Waals surface area (Å²) < 4.78 is 42.7. The third-order valence-electron chi connectivity index (χ3n) is 3.13. The number of benzene rings is 2. The van der Waals surface area contributed by atoms with Crippen molar-refractivity contribution >= 4 is 11.9 Å². The van der Waals surface area contributed by atoms with Gasteiger partial charge < -0.3 is 4.52 Å². The first-order valence-corrected chi connectivity index (χ1v) is 6.76. The van der Waals surface area contributed by atoms with Crippen LogP contribution in [0.3, 0.4) is 0 Å². The summed E-state index contributed by atoms with van der Waals surface area (Å²) in [6, 6.07) is 15.7. The number of aliphatic imine (C=N–C) groups is 1. The summed E-state index contributed by atoms with van der Waals surface area (Å²) in [6.45, 7) is 0. The van der Waals surface area contributed by atoms with Crippen LogP contribution >= 0.6 is 0 Å². The monoisotopic (exact) mass is 316 g/mol. The molecule has 0 aliphatic rings.